The van der Waals surface area contributed by atoms with Crippen LogP contribution < -0.4 is 15.0 Å². The molecule has 296 valence electrons. The first kappa shape index (κ1) is 39.1. The molecule has 1 N–H and O–H groups in total. The van der Waals surface area contributed by atoms with Gasteiger partial charge in [0.1, 0.15) is 34.5 Å². The van der Waals surface area contributed by atoms with Gasteiger partial charge in [0.15, 0.2) is 10.9 Å². The third kappa shape index (κ3) is 8.52. The van der Waals surface area contributed by atoms with Gasteiger partial charge in [0.25, 0.3) is 0 Å². The average Bonchev–Trinajstić information content (AvgIpc) is 3.62. The molecule has 7 rings (SSSR count). The van der Waals surface area contributed by atoms with Crippen molar-refractivity contribution in [2.24, 2.45) is 0 Å². The van der Waals surface area contributed by atoms with Gasteiger partial charge >= 0.3 is 18.2 Å². The van der Waals surface area contributed by atoms with Gasteiger partial charge in [-0.25, -0.2) is 23.4 Å². The SMILES string of the molecule is CC(CN1CCOCC1)Oc1nc(N2CC3CCC(C2)N3C(=O)OC(C)(C)C)c2cc(Cl)c(-c3ccc(F)c4sc(NC(=O)OC(C)(C)C)nc34)c(F)c2n1. The highest BCUT2D eigenvalue weighted by Crippen LogP contribution is 2.44. The molecule has 5 heterocycles. The smallest absolute Gasteiger partial charge is 0.413 e. The third-order valence-electron chi connectivity index (χ3n) is 9.53. The number of halogens is 3. The van der Waals surface area contributed by atoms with Gasteiger partial charge in [0.05, 0.1) is 40.5 Å². The van der Waals surface area contributed by atoms with Crippen molar-refractivity contribution in [3.05, 3.63) is 34.9 Å². The number of hydrogen-bond donors (Lipinski definition) is 1. The number of aromatic nitrogens is 3. The molecule has 4 aromatic rings. The van der Waals surface area contributed by atoms with Gasteiger partial charge in [-0.1, -0.05) is 22.9 Å². The highest BCUT2D eigenvalue weighted by molar-refractivity contribution is 7.22. The molecular weight excluding hydrogens is 756 g/mol. The first-order valence-corrected chi connectivity index (χ1v) is 19.7. The minimum atomic E-state index is -0.770. The molecule has 3 saturated heterocycles. The van der Waals surface area contributed by atoms with Crippen LogP contribution in [0.3, 0.4) is 0 Å². The maximum atomic E-state index is 17.2. The molecule has 2 bridgehead atoms. The van der Waals surface area contributed by atoms with Crippen molar-refractivity contribution in [1.82, 2.24) is 24.8 Å². The number of fused-ring (bicyclic) bond motifs is 4. The number of morpholine rings is 1. The molecule has 3 aliphatic rings. The lowest BCUT2D eigenvalue weighted by molar-refractivity contribution is 0.0121. The number of benzene rings is 2. The highest BCUT2D eigenvalue weighted by Gasteiger charge is 2.45. The molecule has 2 aromatic heterocycles. The number of carbonyl (C=O) groups excluding carboxylic acids is 2. The predicted octanol–water partition coefficient (Wildman–Crippen LogP) is 7.87. The van der Waals surface area contributed by atoms with Crippen LogP contribution in [-0.2, 0) is 14.2 Å². The van der Waals surface area contributed by atoms with Gasteiger partial charge in [-0.3, -0.25) is 15.1 Å². The monoisotopic (exact) mass is 801 g/mol. The summed E-state index contributed by atoms with van der Waals surface area (Å²) in [7, 11) is 0. The van der Waals surface area contributed by atoms with E-state index in [1.807, 2.05) is 37.5 Å². The molecule has 0 radical (unpaired) electrons. The van der Waals surface area contributed by atoms with Gasteiger partial charge in [-0.05, 0) is 79.5 Å². The van der Waals surface area contributed by atoms with Crippen LogP contribution in [0.5, 0.6) is 6.01 Å². The first-order valence-electron chi connectivity index (χ1n) is 18.5. The van der Waals surface area contributed by atoms with Crippen LogP contribution in [0.1, 0.15) is 61.3 Å². The molecule has 3 fully saturated rings. The largest absolute Gasteiger partial charge is 0.459 e. The number of thiazole rings is 1. The number of rotatable bonds is 7. The van der Waals surface area contributed by atoms with Crippen LogP contribution in [0.4, 0.5) is 29.3 Å². The Morgan fingerprint density at radius 3 is 2.33 bits per heavy atom. The lowest BCUT2D eigenvalue weighted by Crippen LogP contribution is -2.57. The molecule has 3 aliphatic heterocycles. The highest BCUT2D eigenvalue weighted by atomic mass is 35.5. The molecule has 2 amide bonds. The summed E-state index contributed by atoms with van der Waals surface area (Å²) in [6.07, 6.45) is 0.0943. The average molecular weight is 802 g/mol. The number of nitrogens with one attached hydrogen (secondary N) is 1. The van der Waals surface area contributed by atoms with E-state index in [2.05, 4.69) is 20.2 Å². The number of hydrogen-bond acceptors (Lipinski definition) is 12. The number of carbonyl (C=O) groups is 2. The molecule has 0 aliphatic carbocycles. The van der Waals surface area contributed by atoms with E-state index in [-0.39, 0.29) is 67.3 Å². The van der Waals surface area contributed by atoms with Crippen molar-refractivity contribution in [2.45, 2.75) is 90.7 Å². The summed E-state index contributed by atoms with van der Waals surface area (Å²) >= 11 is 7.84. The van der Waals surface area contributed by atoms with E-state index in [1.165, 1.54) is 12.1 Å². The molecule has 55 heavy (non-hydrogen) atoms. The number of anilines is 2. The Hall–Kier alpha value is -4.12. The Kier molecular flexibility index (Phi) is 10.7. The van der Waals surface area contributed by atoms with E-state index in [4.69, 9.17) is 35.5 Å². The summed E-state index contributed by atoms with van der Waals surface area (Å²) in [5, 5.41) is 3.01. The van der Waals surface area contributed by atoms with Crippen LogP contribution in [-0.4, -0.2) is 112 Å². The number of amides is 2. The molecule has 0 saturated carbocycles. The van der Waals surface area contributed by atoms with Crippen molar-refractivity contribution < 1.29 is 37.3 Å². The lowest BCUT2D eigenvalue weighted by atomic mass is 10.0. The molecule has 0 spiro atoms. The Morgan fingerprint density at radius 2 is 1.67 bits per heavy atom. The van der Waals surface area contributed by atoms with Crippen LogP contribution >= 0.6 is 22.9 Å². The van der Waals surface area contributed by atoms with Crippen molar-refractivity contribution >= 4 is 67.2 Å². The summed E-state index contributed by atoms with van der Waals surface area (Å²) in [6, 6.07) is 3.91. The molecular formula is C38H46ClF2N7O6S. The van der Waals surface area contributed by atoms with Gasteiger partial charge < -0.3 is 23.8 Å². The second-order valence-electron chi connectivity index (χ2n) is 16.2. The summed E-state index contributed by atoms with van der Waals surface area (Å²) < 4.78 is 55.4. The Balaban J connectivity index is 1.29. The van der Waals surface area contributed by atoms with E-state index in [0.717, 1.165) is 37.3 Å². The van der Waals surface area contributed by atoms with Gasteiger partial charge in [0.2, 0.25) is 0 Å². The topological polar surface area (TPSA) is 131 Å². The van der Waals surface area contributed by atoms with Crippen molar-refractivity contribution in [3.63, 3.8) is 0 Å². The zero-order chi connectivity index (χ0) is 39.4. The predicted molar refractivity (Wildman–Crippen MR) is 207 cm³/mol. The molecule has 17 heteroatoms. The van der Waals surface area contributed by atoms with Gasteiger partial charge in [-0.15, -0.1) is 0 Å². The van der Waals surface area contributed by atoms with Gasteiger partial charge in [0, 0.05) is 49.2 Å². The second kappa shape index (κ2) is 15.1. The summed E-state index contributed by atoms with van der Waals surface area (Å²) in [5.74, 6) is -0.941. The van der Waals surface area contributed by atoms with Crippen LogP contribution in [0, 0.1) is 11.6 Å². The zero-order valence-corrected chi connectivity index (χ0v) is 33.6. The Labute approximate surface area is 327 Å². The van der Waals surface area contributed by atoms with Crippen LogP contribution in [0.25, 0.3) is 32.2 Å². The summed E-state index contributed by atoms with van der Waals surface area (Å²) in [4.78, 5) is 45.8. The first-order chi connectivity index (χ1) is 25.9. The number of piperazine rings is 1. The lowest BCUT2D eigenvalue weighted by Gasteiger charge is -2.42. The van der Waals surface area contributed by atoms with E-state index in [1.54, 1.807) is 26.8 Å². The summed E-state index contributed by atoms with van der Waals surface area (Å²) in [5.41, 5.74) is -1.18. The second-order valence-corrected chi connectivity index (χ2v) is 17.6. The molecule has 2 aromatic carbocycles. The van der Waals surface area contributed by atoms with E-state index < -0.39 is 28.9 Å². The van der Waals surface area contributed by atoms with E-state index in [9.17, 15) is 9.59 Å². The zero-order valence-electron chi connectivity index (χ0n) is 32.0. The van der Waals surface area contributed by atoms with E-state index in [0.29, 0.717) is 44.1 Å². The van der Waals surface area contributed by atoms with Crippen LogP contribution in [0.15, 0.2) is 18.2 Å². The third-order valence-corrected chi connectivity index (χ3v) is 10.8. The maximum Gasteiger partial charge on any atom is 0.413 e. The normalized spacial score (nSPS) is 19.9. The van der Waals surface area contributed by atoms with E-state index >= 15 is 8.78 Å². The maximum absolute atomic E-state index is 17.2. The number of ether oxygens (including phenoxy) is 4. The standard InChI is InChI=1S/C38H46ClF2N7O6S/c1-20(17-46-12-14-51-15-13-46)52-33-42-29-24(32(44-33)47-18-21-8-9-22(19-47)48(21)36(50)54-38(5,6)7)16-25(39)27(28(29)41)23-10-11-26(40)31-30(23)43-34(55-31)45-35(49)53-37(2,3)4/h10-11,16,20-22H,8-9,12-15,17-19H2,1-7H3,(H,43,45,49). The molecule has 13 nitrogen and oxygen atoms in total. The quantitative estimate of drug-likeness (QED) is 0.196. The fourth-order valence-corrected chi connectivity index (χ4v) is 8.55. The fourth-order valence-electron chi connectivity index (χ4n) is 7.38. The minimum Gasteiger partial charge on any atom is -0.459 e. The van der Waals surface area contributed by atoms with Gasteiger partial charge in [-0.2, -0.15) is 9.97 Å². The van der Waals surface area contributed by atoms with Crippen LogP contribution in [0.2, 0.25) is 5.02 Å². The number of nitrogens with zero attached hydrogens (tertiary/aromatic N) is 6. The summed E-state index contributed by atoms with van der Waals surface area (Å²) in [6.45, 7) is 16.8. The fraction of sp³-hybridized carbons (Fsp3) is 0.553. The molecule has 3 unspecified atom stereocenters. The minimum absolute atomic E-state index is 0.0147. The van der Waals surface area contributed by atoms with Crippen molar-refractivity contribution in [3.8, 4) is 17.1 Å². The van der Waals surface area contributed by atoms with Crippen molar-refractivity contribution in [2.75, 3.05) is 56.2 Å². The molecule has 3 atom stereocenters. The van der Waals surface area contributed by atoms with Crippen molar-refractivity contribution in [1.29, 1.82) is 0 Å². The Bertz CT molecular complexity index is 2110. The Morgan fingerprint density at radius 1 is 1.00 bits per heavy atom.